The molecule has 3 amide bonds. The van der Waals surface area contributed by atoms with Crippen molar-refractivity contribution in [2.75, 3.05) is 0 Å². The smallest absolute Gasteiger partial charge is 0.326 e. The third-order valence-corrected chi connectivity index (χ3v) is 5.36. The number of carboxylic acids is 1. The molecular formula is C22H34N4O7. The third kappa shape index (κ3) is 8.70. The number of hydrogen-bond acceptors (Lipinski definition) is 7. The van der Waals surface area contributed by atoms with E-state index >= 15 is 0 Å². The lowest BCUT2D eigenvalue weighted by Gasteiger charge is -2.26. The van der Waals surface area contributed by atoms with Crippen LogP contribution in [-0.4, -0.2) is 69.3 Å². The van der Waals surface area contributed by atoms with Crippen LogP contribution in [-0.2, 0) is 25.6 Å². The molecule has 0 fully saturated rings. The molecule has 0 aliphatic rings. The van der Waals surface area contributed by atoms with E-state index in [0.717, 1.165) is 0 Å². The van der Waals surface area contributed by atoms with Gasteiger partial charge < -0.3 is 37.0 Å². The van der Waals surface area contributed by atoms with Gasteiger partial charge in [-0.2, -0.15) is 0 Å². The highest BCUT2D eigenvalue weighted by molar-refractivity contribution is 5.94. The first-order chi connectivity index (χ1) is 15.4. The molecule has 33 heavy (non-hydrogen) atoms. The van der Waals surface area contributed by atoms with E-state index in [-0.39, 0.29) is 18.1 Å². The minimum absolute atomic E-state index is 0.0125. The third-order valence-electron chi connectivity index (χ3n) is 5.36. The van der Waals surface area contributed by atoms with E-state index in [2.05, 4.69) is 16.0 Å². The first kappa shape index (κ1) is 27.9. The van der Waals surface area contributed by atoms with E-state index in [9.17, 15) is 34.5 Å². The molecule has 0 bridgehead atoms. The molecule has 0 aliphatic heterocycles. The molecule has 6 unspecified atom stereocenters. The van der Waals surface area contributed by atoms with Gasteiger partial charge in [0.05, 0.1) is 6.10 Å². The van der Waals surface area contributed by atoms with Gasteiger partial charge in [0.15, 0.2) is 0 Å². The number of hydrogen-bond donors (Lipinski definition) is 7. The molecule has 8 N–H and O–H groups in total. The largest absolute Gasteiger partial charge is 0.508 e. The fourth-order valence-corrected chi connectivity index (χ4v) is 2.90. The number of benzene rings is 1. The van der Waals surface area contributed by atoms with Gasteiger partial charge >= 0.3 is 5.97 Å². The molecule has 0 heterocycles. The Kier molecular flexibility index (Phi) is 10.8. The summed E-state index contributed by atoms with van der Waals surface area (Å²) in [7, 11) is 0. The SMILES string of the molecule is CCC(C)C(NC(=O)C(Cc1ccc(O)cc1)NC(=O)C(C)NC(=O)C(N)C(C)O)C(=O)O. The van der Waals surface area contributed by atoms with Crippen LogP contribution in [0.25, 0.3) is 0 Å². The summed E-state index contributed by atoms with van der Waals surface area (Å²) in [6, 6.07) is 1.36. The second kappa shape index (κ2) is 12.8. The van der Waals surface area contributed by atoms with Crippen LogP contribution < -0.4 is 21.7 Å². The normalized spacial score (nSPS) is 16.4. The number of aliphatic carboxylic acids is 1. The van der Waals surface area contributed by atoms with Gasteiger partial charge in [-0.05, 0) is 37.5 Å². The lowest BCUT2D eigenvalue weighted by Crippen LogP contribution is -2.58. The molecule has 1 rings (SSSR count). The number of aliphatic hydroxyl groups excluding tert-OH is 1. The molecule has 0 spiro atoms. The molecule has 1 aromatic carbocycles. The number of nitrogens with two attached hydrogens (primary N) is 1. The van der Waals surface area contributed by atoms with Crippen molar-refractivity contribution < 1.29 is 34.5 Å². The van der Waals surface area contributed by atoms with Crippen molar-refractivity contribution in [3.8, 4) is 5.75 Å². The minimum Gasteiger partial charge on any atom is -0.508 e. The summed E-state index contributed by atoms with van der Waals surface area (Å²) in [6.45, 7) is 6.21. The van der Waals surface area contributed by atoms with Crippen molar-refractivity contribution in [3.05, 3.63) is 29.8 Å². The Balaban J connectivity index is 3.02. The van der Waals surface area contributed by atoms with Crippen molar-refractivity contribution in [1.29, 1.82) is 0 Å². The van der Waals surface area contributed by atoms with Crippen LogP contribution in [0.5, 0.6) is 5.75 Å². The predicted molar refractivity (Wildman–Crippen MR) is 120 cm³/mol. The lowest BCUT2D eigenvalue weighted by molar-refractivity contribution is -0.143. The van der Waals surface area contributed by atoms with Crippen LogP contribution in [0, 0.1) is 5.92 Å². The van der Waals surface area contributed by atoms with Crippen molar-refractivity contribution >= 4 is 23.7 Å². The molecular weight excluding hydrogens is 432 g/mol. The van der Waals surface area contributed by atoms with Gasteiger partial charge in [-0.25, -0.2) is 4.79 Å². The van der Waals surface area contributed by atoms with Crippen LogP contribution in [0.3, 0.4) is 0 Å². The highest BCUT2D eigenvalue weighted by Gasteiger charge is 2.31. The molecule has 11 nitrogen and oxygen atoms in total. The number of nitrogens with one attached hydrogen (secondary N) is 3. The van der Waals surface area contributed by atoms with Gasteiger partial charge in [0.1, 0.15) is 29.9 Å². The average Bonchev–Trinajstić information content (AvgIpc) is 2.76. The Morgan fingerprint density at radius 3 is 2.00 bits per heavy atom. The highest BCUT2D eigenvalue weighted by Crippen LogP contribution is 2.13. The number of phenolic OH excluding ortho intramolecular Hbond substituents is 1. The number of carboxylic acid groups (broad SMARTS) is 1. The zero-order chi connectivity index (χ0) is 25.3. The maximum atomic E-state index is 12.9. The molecule has 0 aromatic heterocycles. The zero-order valence-corrected chi connectivity index (χ0v) is 19.2. The monoisotopic (exact) mass is 466 g/mol. The fourth-order valence-electron chi connectivity index (χ4n) is 2.90. The summed E-state index contributed by atoms with van der Waals surface area (Å²) in [5, 5.41) is 35.8. The summed E-state index contributed by atoms with van der Waals surface area (Å²) >= 11 is 0. The minimum atomic E-state index is -1.23. The van der Waals surface area contributed by atoms with Crippen molar-refractivity contribution in [2.24, 2.45) is 11.7 Å². The Hall–Kier alpha value is -3.18. The maximum absolute atomic E-state index is 12.9. The number of rotatable bonds is 12. The molecule has 0 saturated heterocycles. The van der Waals surface area contributed by atoms with Crippen LogP contribution in [0.4, 0.5) is 0 Å². The summed E-state index contributed by atoms with van der Waals surface area (Å²) in [5.41, 5.74) is 6.17. The van der Waals surface area contributed by atoms with E-state index in [1.54, 1.807) is 26.0 Å². The van der Waals surface area contributed by atoms with Gasteiger partial charge in [-0.1, -0.05) is 32.4 Å². The Morgan fingerprint density at radius 2 is 1.52 bits per heavy atom. The first-order valence-electron chi connectivity index (χ1n) is 10.7. The molecule has 0 aliphatic carbocycles. The van der Waals surface area contributed by atoms with Gasteiger partial charge in [0.25, 0.3) is 0 Å². The number of carbonyl (C=O) groups is 4. The summed E-state index contributed by atoms with van der Waals surface area (Å²) in [6.07, 6.45) is -0.598. The van der Waals surface area contributed by atoms with E-state index in [1.807, 2.05) is 0 Å². The average molecular weight is 467 g/mol. The van der Waals surface area contributed by atoms with E-state index in [0.29, 0.717) is 12.0 Å². The lowest BCUT2D eigenvalue weighted by atomic mass is 9.98. The molecule has 1 aromatic rings. The Bertz CT molecular complexity index is 829. The number of aliphatic hydroxyl groups is 1. The quantitative estimate of drug-likeness (QED) is 0.209. The van der Waals surface area contributed by atoms with Gasteiger partial charge in [-0.3, -0.25) is 14.4 Å². The highest BCUT2D eigenvalue weighted by atomic mass is 16.4. The standard InChI is InChI=1S/C22H34N4O7/c1-5-11(2)18(22(32)33)26-20(30)16(10-14-6-8-15(28)9-7-14)25-19(29)12(3)24-21(31)17(23)13(4)27/h6-9,11-13,16-18,27-28H,5,10,23H2,1-4H3,(H,24,31)(H,25,29)(H,26,30)(H,32,33). The van der Waals surface area contributed by atoms with Crippen LogP contribution in [0.2, 0.25) is 0 Å². The second-order valence-corrected chi connectivity index (χ2v) is 8.14. The van der Waals surface area contributed by atoms with Gasteiger partial charge in [0, 0.05) is 6.42 Å². The van der Waals surface area contributed by atoms with E-state index in [1.165, 1.54) is 26.0 Å². The Morgan fingerprint density at radius 1 is 0.939 bits per heavy atom. The van der Waals surface area contributed by atoms with Crippen LogP contribution in [0.15, 0.2) is 24.3 Å². The topological polar surface area (TPSA) is 191 Å². The molecule has 11 heteroatoms. The second-order valence-electron chi connectivity index (χ2n) is 8.14. The van der Waals surface area contributed by atoms with Gasteiger partial charge in [-0.15, -0.1) is 0 Å². The molecule has 184 valence electrons. The number of aromatic hydroxyl groups is 1. The van der Waals surface area contributed by atoms with Crippen LogP contribution in [0.1, 0.15) is 39.7 Å². The van der Waals surface area contributed by atoms with Crippen molar-refractivity contribution in [2.45, 2.75) is 70.8 Å². The number of phenols is 1. The van der Waals surface area contributed by atoms with Crippen molar-refractivity contribution in [1.82, 2.24) is 16.0 Å². The summed E-state index contributed by atoms with van der Waals surface area (Å²) in [4.78, 5) is 49.3. The molecule has 0 radical (unpaired) electrons. The van der Waals surface area contributed by atoms with Crippen LogP contribution >= 0.6 is 0 Å². The maximum Gasteiger partial charge on any atom is 0.326 e. The Labute approximate surface area is 192 Å². The van der Waals surface area contributed by atoms with Crippen molar-refractivity contribution in [3.63, 3.8) is 0 Å². The fraction of sp³-hybridized carbons (Fsp3) is 0.545. The predicted octanol–water partition coefficient (Wildman–Crippen LogP) is -0.752. The first-order valence-corrected chi connectivity index (χ1v) is 10.7. The van der Waals surface area contributed by atoms with Gasteiger partial charge in [0.2, 0.25) is 17.7 Å². The summed E-state index contributed by atoms with van der Waals surface area (Å²) in [5.74, 6) is -3.66. The molecule has 6 atom stereocenters. The van der Waals surface area contributed by atoms with E-state index in [4.69, 9.17) is 5.73 Å². The number of carbonyl (C=O) groups excluding carboxylic acids is 3. The van der Waals surface area contributed by atoms with E-state index < -0.39 is 54.0 Å². The molecule has 0 saturated carbocycles. The zero-order valence-electron chi connectivity index (χ0n) is 19.2. The number of amides is 3. The summed E-state index contributed by atoms with van der Waals surface area (Å²) < 4.78 is 0.